The molecule has 94 valence electrons. The number of piperidine rings is 1. The second-order valence-corrected chi connectivity index (χ2v) is 4.72. The van der Waals surface area contributed by atoms with Crippen molar-refractivity contribution in [1.29, 1.82) is 0 Å². The largest absolute Gasteiger partial charge is 0.339 e. The number of pyridine rings is 1. The molecule has 1 fully saturated rings. The van der Waals surface area contributed by atoms with Gasteiger partial charge in [0.2, 0.25) is 11.7 Å². The van der Waals surface area contributed by atoms with Crippen LogP contribution in [0.5, 0.6) is 0 Å². The van der Waals surface area contributed by atoms with Crippen LogP contribution in [-0.4, -0.2) is 28.2 Å². The van der Waals surface area contributed by atoms with E-state index in [1.54, 1.807) is 6.20 Å². The van der Waals surface area contributed by atoms with Gasteiger partial charge in [0, 0.05) is 12.7 Å². The molecule has 1 saturated heterocycles. The molecule has 1 unspecified atom stereocenters. The highest BCUT2D eigenvalue weighted by Crippen LogP contribution is 2.23. The number of hydrogen-bond donors (Lipinski definition) is 1. The minimum atomic E-state index is 0.338. The van der Waals surface area contributed by atoms with Crippen LogP contribution in [0.1, 0.15) is 30.2 Å². The summed E-state index contributed by atoms with van der Waals surface area (Å²) in [6, 6.07) is 3.92. The SMILES string of the molecule is Cc1ccnc(-c2noc(C3CCCNC3)n2)c1. The Morgan fingerprint density at radius 1 is 1.44 bits per heavy atom. The van der Waals surface area contributed by atoms with Crippen LogP contribution < -0.4 is 5.32 Å². The van der Waals surface area contributed by atoms with E-state index in [1.807, 2.05) is 19.1 Å². The van der Waals surface area contributed by atoms with E-state index in [9.17, 15) is 0 Å². The fourth-order valence-corrected chi connectivity index (χ4v) is 2.23. The monoisotopic (exact) mass is 244 g/mol. The Morgan fingerprint density at radius 3 is 3.17 bits per heavy atom. The van der Waals surface area contributed by atoms with Crippen LogP contribution >= 0.6 is 0 Å². The van der Waals surface area contributed by atoms with Gasteiger partial charge in [0.15, 0.2) is 0 Å². The lowest BCUT2D eigenvalue weighted by Crippen LogP contribution is -2.28. The van der Waals surface area contributed by atoms with Crippen molar-refractivity contribution in [3.8, 4) is 11.5 Å². The van der Waals surface area contributed by atoms with Crippen LogP contribution in [0.25, 0.3) is 11.5 Å². The molecule has 0 spiro atoms. The zero-order valence-corrected chi connectivity index (χ0v) is 10.4. The number of rotatable bonds is 2. The van der Waals surface area contributed by atoms with Gasteiger partial charge in [0.1, 0.15) is 5.69 Å². The Morgan fingerprint density at radius 2 is 2.39 bits per heavy atom. The molecule has 2 aromatic heterocycles. The molecule has 3 rings (SSSR count). The maximum absolute atomic E-state index is 5.36. The summed E-state index contributed by atoms with van der Waals surface area (Å²) in [6.07, 6.45) is 4.03. The number of hydrogen-bond acceptors (Lipinski definition) is 5. The van der Waals surface area contributed by atoms with Gasteiger partial charge in [-0.25, -0.2) is 0 Å². The molecule has 3 heterocycles. The molecule has 0 amide bonds. The van der Waals surface area contributed by atoms with E-state index in [0.29, 0.717) is 11.7 Å². The summed E-state index contributed by atoms with van der Waals surface area (Å²) in [5.74, 6) is 1.64. The van der Waals surface area contributed by atoms with Crippen molar-refractivity contribution in [2.75, 3.05) is 13.1 Å². The van der Waals surface area contributed by atoms with Gasteiger partial charge in [0.25, 0.3) is 0 Å². The lowest BCUT2D eigenvalue weighted by atomic mass is 10.00. The van der Waals surface area contributed by atoms with Crippen molar-refractivity contribution in [3.63, 3.8) is 0 Å². The van der Waals surface area contributed by atoms with Gasteiger partial charge in [-0.15, -0.1) is 0 Å². The third-order valence-corrected chi connectivity index (χ3v) is 3.23. The molecule has 5 heteroatoms. The summed E-state index contributed by atoms with van der Waals surface area (Å²) in [5, 5.41) is 7.37. The molecule has 18 heavy (non-hydrogen) atoms. The van der Waals surface area contributed by atoms with Gasteiger partial charge >= 0.3 is 0 Å². The Kier molecular flexibility index (Phi) is 3.06. The van der Waals surface area contributed by atoms with E-state index in [1.165, 1.54) is 0 Å². The second kappa shape index (κ2) is 4.86. The molecule has 0 bridgehead atoms. The first-order valence-corrected chi connectivity index (χ1v) is 6.30. The molecule has 1 N–H and O–H groups in total. The molecule has 2 aromatic rings. The average molecular weight is 244 g/mol. The maximum Gasteiger partial charge on any atom is 0.231 e. The lowest BCUT2D eigenvalue weighted by molar-refractivity contribution is 0.322. The summed E-state index contributed by atoms with van der Waals surface area (Å²) in [5.41, 5.74) is 1.92. The molecule has 5 nitrogen and oxygen atoms in total. The average Bonchev–Trinajstić information content (AvgIpc) is 2.89. The summed E-state index contributed by atoms with van der Waals surface area (Å²) in [7, 11) is 0. The van der Waals surface area contributed by atoms with Crippen molar-refractivity contribution in [2.45, 2.75) is 25.7 Å². The molecular weight excluding hydrogens is 228 g/mol. The summed E-state index contributed by atoms with van der Waals surface area (Å²) < 4.78 is 5.36. The molecule has 1 aliphatic heterocycles. The van der Waals surface area contributed by atoms with Crippen LogP contribution in [0.4, 0.5) is 0 Å². The van der Waals surface area contributed by atoms with E-state index < -0.39 is 0 Å². The predicted octanol–water partition coefficient (Wildman–Crippen LogP) is 1.91. The Labute approximate surface area is 106 Å². The number of nitrogens with zero attached hydrogens (tertiary/aromatic N) is 3. The second-order valence-electron chi connectivity index (χ2n) is 4.72. The highest BCUT2D eigenvalue weighted by Gasteiger charge is 2.21. The van der Waals surface area contributed by atoms with Crippen molar-refractivity contribution in [2.24, 2.45) is 0 Å². The summed E-state index contributed by atoms with van der Waals surface area (Å²) in [6.45, 7) is 4.02. The minimum absolute atomic E-state index is 0.338. The van der Waals surface area contributed by atoms with Crippen LogP contribution in [0.15, 0.2) is 22.9 Å². The van der Waals surface area contributed by atoms with Crippen molar-refractivity contribution in [3.05, 3.63) is 29.8 Å². The predicted molar refractivity (Wildman–Crippen MR) is 67.1 cm³/mol. The van der Waals surface area contributed by atoms with Gasteiger partial charge < -0.3 is 9.84 Å². The van der Waals surface area contributed by atoms with Crippen molar-refractivity contribution >= 4 is 0 Å². The Hall–Kier alpha value is -1.75. The smallest absolute Gasteiger partial charge is 0.231 e. The van der Waals surface area contributed by atoms with E-state index in [4.69, 9.17) is 4.52 Å². The molecule has 0 saturated carbocycles. The lowest BCUT2D eigenvalue weighted by Gasteiger charge is -2.18. The van der Waals surface area contributed by atoms with E-state index >= 15 is 0 Å². The summed E-state index contributed by atoms with van der Waals surface area (Å²) >= 11 is 0. The van der Waals surface area contributed by atoms with Gasteiger partial charge in [-0.05, 0) is 44.0 Å². The molecule has 0 aliphatic carbocycles. The number of nitrogens with one attached hydrogen (secondary N) is 1. The van der Waals surface area contributed by atoms with Crippen LogP contribution in [-0.2, 0) is 0 Å². The first-order chi connectivity index (χ1) is 8.83. The number of aryl methyl sites for hydroxylation is 1. The van der Waals surface area contributed by atoms with Gasteiger partial charge in [-0.1, -0.05) is 5.16 Å². The highest BCUT2D eigenvalue weighted by molar-refractivity contribution is 5.49. The van der Waals surface area contributed by atoms with Gasteiger partial charge in [-0.3, -0.25) is 4.98 Å². The Balaban J connectivity index is 1.84. The first kappa shape index (κ1) is 11.3. The van der Waals surface area contributed by atoms with E-state index in [-0.39, 0.29) is 0 Å². The third kappa shape index (κ3) is 2.26. The summed E-state index contributed by atoms with van der Waals surface area (Å²) in [4.78, 5) is 8.73. The van der Waals surface area contributed by atoms with Crippen LogP contribution in [0.3, 0.4) is 0 Å². The number of aromatic nitrogens is 3. The van der Waals surface area contributed by atoms with Crippen molar-refractivity contribution in [1.82, 2.24) is 20.4 Å². The standard InChI is InChI=1S/C13H16N4O/c1-9-4-6-15-11(7-9)12-16-13(18-17-12)10-3-2-5-14-8-10/h4,6-7,10,14H,2-3,5,8H2,1H3. The van der Waals surface area contributed by atoms with Crippen molar-refractivity contribution < 1.29 is 4.52 Å². The molecule has 0 radical (unpaired) electrons. The molecular formula is C13H16N4O. The van der Waals surface area contributed by atoms with Gasteiger partial charge in [0.05, 0.1) is 5.92 Å². The van der Waals surface area contributed by atoms with Crippen LogP contribution in [0, 0.1) is 6.92 Å². The third-order valence-electron chi connectivity index (χ3n) is 3.23. The normalized spacial score (nSPS) is 19.9. The zero-order valence-electron chi connectivity index (χ0n) is 10.4. The molecule has 0 aromatic carbocycles. The van der Waals surface area contributed by atoms with Crippen LogP contribution in [0.2, 0.25) is 0 Å². The zero-order chi connectivity index (χ0) is 12.4. The Bertz CT molecular complexity index is 531. The fraction of sp³-hybridized carbons (Fsp3) is 0.462. The molecule has 1 atom stereocenters. The quantitative estimate of drug-likeness (QED) is 0.874. The van der Waals surface area contributed by atoms with Gasteiger partial charge in [-0.2, -0.15) is 4.98 Å². The minimum Gasteiger partial charge on any atom is -0.339 e. The first-order valence-electron chi connectivity index (χ1n) is 6.30. The molecule has 1 aliphatic rings. The highest BCUT2D eigenvalue weighted by atomic mass is 16.5. The van der Waals surface area contributed by atoms with E-state index in [0.717, 1.165) is 43.1 Å². The fourth-order valence-electron chi connectivity index (χ4n) is 2.23. The maximum atomic E-state index is 5.36. The topological polar surface area (TPSA) is 63.8 Å². The van der Waals surface area contributed by atoms with E-state index in [2.05, 4.69) is 20.4 Å².